The maximum absolute atomic E-state index is 11.8. The Kier molecular flexibility index (Phi) is 4.39. The van der Waals surface area contributed by atoms with Crippen LogP contribution in [-0.2, 0) is 9.59 Å². The van der Waals surface area contributed by atoms with Gasteiger partial charge >= 0.3 is 0 Å². The molecule has 0 aliphatic carbocycles. The smallest absolute Gasteiger partial charge is 0.245 e. The van der Waals surface area contributed by atoms with Gasteiger partial charge in [-0.1, -0.05) is 18.2 Å². The highest BCUT2D eigenvalue weighted by atomic mass is 16.5. The first-order chi connectivity index (χ1) is 9.16. The van der Waals surface area contributed by atoms with Gasteiger partial charge in [0.1, 0.15) is 11.8 Å². The number of piperazine rings is 1. The second kappa shape index (κ2) is 6.22. The Balaban J connectivity index is 1.73. The van der Waals surface area contributed by atoms with Gasteiger partial charge in [0.2, 0.25) is 11.8 Å². The molecule has 102 valence electrons. The molecule has 0 bridgehead atoms. The lowest BCUT2D eigenvalue weighted by Gasteiger charge is -2.30. The van der Waals surface area contributed by atoms with Crippen LogP contribution < -0.4 is 10.1 Å². The summed E-state index contributed by atoms with van der Waals surface area (Å²) in [6.07, 6.45) is 0.709. The molecule has 2 rings (SSSR count). The minimum absolute atomic E-state index is 0.0284. The van der Waals surface area contributed by atoms with Crippen molar-refractivity contribution >= 4 is 11.8 Å². The Hall–Kier alpha value is -2.04. The fraction of sp³-hybridized carbons (Fsp3) is 0.429. The highest BCUT2D eigenvalue weighted by molar-refractivity contribution is 5.94. The Morgan fingerprint density at radius 1 is 1.32 bits per heavy atom. The number of hydrogen-bond acceptors (Lipinski definition) is 3. The van der Waals surface area contributed by atoms with Crippen LogP contribution in [0.5, 0.6) is 5.75 Å². The summed E-state index contributed by atoms with van der Waals surface area (Å²) in [7, 11) is 0. The van der Waals surface area contributed by atoms with Crippen LogP contribution in [0.4, 0.5) is 0 Å². The van der Waals surface area contributed by atoms with Crippen LogP contribution in [0.1, 0.15) is 13.3 Å². The van der Waals surface area contributed by atoms with Crippen molar-refractivity contribution in [2.45, 2.75) is 19.4 Å². The summed E-state index contributed by atoms with van der Waals surface area (Å²) in [6, 6.07) is 9.12. The van der Waals surface area contributed by atoms with Gasteiger partial charge in [0.05, 0.1) is 13.2 Å². The van der Waals surface area contributed by atoms with E-state index in [0.29, 0.717) is 19.6 Å². The van der Waals surface area contributed by atoms with Crippen molar-refractivity contribution in [1.82, 2.24) is 10.2 Å². The highest BCUT2D eigenvalue weighted by Gasteiger charge is 2.28. The molecule has 1 fully saturated rings. The molecule has 0 radical (unpaired) electrons. The molecule has 5 nitrogen and oxygen atoms in total. The average molecular weight is 262 g/mol. The van der Waals surface area contributed by atoms with E-state index in [-0.39, 0.29) is 18.4 Å². The summed E-state index contributed by atoms with van der Waals surface area (Å²) in [5.41, 5.74) is 0. The molecule has 1 unspecified atom stereocenters. The molecule has 1 aromatic rings. The normalized spacial score (nSPS) is 19.2. The van der Waals surface area contributed by atoms with Gasteiger partial charge in [0, 0.05) is 6.54 Å². The van der Waals surface area contributed by atoms with Crippen molar-refractivity contribution in [1.29, 1.82) is 0 Å². The predicted molar refractivity (Wildman–Crippen MR) is 70.7 cm³/mol. The van der Waals surface area contributed by atoms with E-state index in [0.717, 1.165) is 5.75 Å². The first-order valence-corrected chi connectivity index (χ1v) is 6.43. The largest absolute Gasteiger partial charge is 0.494 e. The standard InChI is InChI=1S/C14H18N2O3/c1-11-14(18)16(10-13(17)15-11)8-5-9-19-12-6-3-2-4-7-12/h2-4,6-7,11H,5,8-10H2,1H3,(H,15,17). The van der Waals surface area contributed by atoms with E-state index < -0.39 is 6.04 Å². The molecule has 1 saturated heterocycles. The van der Waals surface area contributed by atoms with Crippen molar-refractivity contribution in [3.05, 3.63) is 30.3 Å². The second-order valence-corrected chi connectivity index (χ2v) is 4.56. The summed E-state index contributed by atoms with van der Waals surface area (Å²) in [5.74, 6) is 0.689. The van der Waals surface area contributed by atoms with Crippen LogP contribution >= 0.6 is 0 Å². The van der Waals surface area contributed by atoms with Gasteiger partial charge in [0.15, 0.2) is 0 Å². The zero-order valence-electron chi connectivity index (χ0n) is 11.0. The summed E-state index contributed by atoms with van der Waals surface area (Å²) in [6.45, 7) is 2.93. The monoisotopic (exact) mass is 262 g/mol. The van der Waals surface area contributed by atoms with E-state index in [1.165, 1.54) is 0 Å². The number of amides is 2. The van der Waals surface area contributed by atoms with Crippen molar-refractivity contribution in [2.75, 3.05) is 19.7 Å². The Labute approximate surface area is 112 Å². The summed E-state index contributed by atoms with van der Waals surface area (Å²) < 4.78 is 5.55. The third kappa shape index (κ3) is 3.71. The first kappa shape index (κ1) is 13.4. The molecular weight excluding hydrogens is 244 g/mol. The van der Waals surface area contributed by atoms with Gasteiger partial charge in [-0.3, -0.25) is 9.59 Å². The molecule has 1 aliphatic heterocycles. The predicted octanol–water partition coefficient (Wildman–Crippen LogP) is 0.802. The van der Waals surface area contributed by atoms with Crippen LogP contribution in [-0.4, -0.2) is 42.5 Å². The van der Waals surface area contributed by atoms with Gasteiger partial charge in [0.25, 0.3) is 0 Å². The van der Waals surface area contributed by atoms with Gasteiger partial charge in [-0.05, 0) is 25.5 Å². The van der Waals surface area contributed by atoms with Crippen LogP contribution in [0.15, 0.2) is 30.3 Å². The third-order valence-electron chi connectivity index (χ3n) is 2.98. The number of ether oxygens (including phenoxy) is 1. The quantitative estimate of drug-likeness (QED) is 0.799. The number of hydrogen-bond donors (Lipinski definition) is 1. The molecule has 19 heavy (non-hydrogen) atoms. The molecule has 5 heteroatoms. The molecule has 1 atom stereocenters. The first-order valence-electron chi connectivity index (χ1n) is 6.43. The van der Waals surface area contributed by atoms with E-state index >= 15 is 0 Å². The zero-order chi connectivity index (χ0) is 13.7. The number of nitrogens with zero attached hydrogens (tertiary/aromatic N) is 1. The maximum Gasteiger partial charge on any atom is 0.245 e. The van der Waals surface area contributed by atoms with E-state index in [1.54, 1.807) is 11.8 Å². The van der Waals surface area contributed by atoms with Crippen LogP contribution in [0.2, 0.25) is 0 Å². The molecule has 0 aromatic heterocycles. The van der Waals surface area contributed by atoms with Gasteiger partial charge in [-0.25, -0.2) is 0 Å². The number of benzene rings is 1. The third-order valence-corrected chi connectivity index (χ3v) is 2.98. The molecule has 1 heterocycles. The second-order valence-electron chi connectivity index (χ2n) is 4.56. The highest BCUT2D eigenvalue weighted by Crippen LogP contribution is 2.09. The summed E-state index contributed by atoms with van der Waals surface area (Å²) in [4.78, 5) is 24.7. The van der Waals surface area contributed by atoms with Gasteiger partial charge in [-0.15, -0.1) is 0 Å². The van der Waals surface area contributed by atoms with Gasteiger partial charge in [-0.2, -0.15) is 0 Å². The fourth-order valence-corrected chi connectivity index (χ4v) is 2.03. The SMILES string of the molecule is CC1NC(=O)CN(CCCOc2ccccc2)C1=O. The van der Waals surface area contributed by atoms with Crippen LogP contribution in [0.25, 0.3) is 0 Å². The zero-order valence-corrected chi connectivity index (χ0v) is 11.0. The van der Waals surface area contributed by atoms with E-state index in [9.17, 15) is 9.59 Å². The molecular formula is C14H18N2O3. The Morgan fingerprint density at radius 2 is 2.05 bits per heavy atom. The number of para-hydroxylation sites is 1. The van der Waals surface area contributed by atoms with Crippen LogP contribution in [0, 0.1) is 0 Å². The lowest BCUT2D eigenvalue weighted by atomic mass is 10.2. The average Bonchev–Trinajstić information content (AvgIpc) is 2.41. The van der Waals surface area contributed by atoms with Crippen molar-refractivity contribution < 1.29 is 14.3 Å². The van der Waals surface area contributed by atoms with Gasteiger partial charge < -0.3 is 15.0 Å². The number of rotatable bonds is 5. The minimum Gasteiger partial charge on any atom is -0.494 e. The van der Waals surface area contributed by atoms with E-state index in [1.807, 2.05) is 30.3 Å². The van der Waals surface area contributed by atoms with Crippen molar-refractivity contribution in [3.8, 4) is 5.75 Å². The van der Waals surface area contributed by atoms with E-state index in [4.69, 9.17) is 4.74 Å². The maximum atomic E-state index is 11.8. The number of carbonyl (C=O) groups is 2. The Bertz CT molecular complexity index is 447. The lowest BCUT2D eigenvalue weighted by molar-refractivity contribution is -0.143. The lowest BCUT2D eigenvalue weighted by Crippen LogP contribution is -2.56. The minimum atomic E-state index is -0.420. The van der Waals surface area contributed by atoms with Crippen molar-refractivity contribution in [2.24, 2.45) is 0 Å². The topological polar surface area (TPSA) is 58.6 Å². The molecule has 2 amide bonds. The molecule has 1 aromatic carbocycles. The van der Waals surface area contributed by atoms with Crippen LogP contribution in [0.3, 0.4) is 0 Å². The number of carbonyl (C=O) groups excluding carboxylic acids is 2. The number of nitrogens with one attached hydrogen (secondary N) is 1. The molecule has 0 spiro atoms. The molecule has 1 N–H and O–H groups in total. The summed E-state index contributed by atoms with van der Waals surface area (Å²) in [5, 5.41) is 2.61. The van der Waals surface area contributed by atoms with Crippen molar-refractivity contribution in [3.63, 3.8) is 0 Å². The molecule has 0 saturated carbocycles. The Morgan fingerprint density at radius 3 is 2.79 bits per heavy atom. The fourth-order valence-electron chi connectivity index (χ4n) is 2.03. The van der Waals surface area contributed by atoms with E-state index in [2.05, 4.69) is 5.32 Å². The summed E-state index contributed by atoms with van der Waals surface area (Å²) >= 11 is 0. The molecule has 1 aliphatic rings.